The van der Waals surface area contributed by atoms with Crippen LogP contribution in [0.5, 0.6) is 11.5 Å². The third-order valence-electron chi connectivity index (χ3n) is 4.11. The van der Waals surface area contributed by atoms with E-state index in [1.807, 2.05) is 12.1 Å². The molecule has 25 heavy (non-hydrogen) atoms. The fraction of sp³-hybridized carbons (Fsp3) is 0.316. The maximum absolute atomic E-state index is 6.11. The molecule has 4 nitrogen and oxygen atoms in total. The van der Waals surface area contributed by atoms with Crippen molar-refractivity contribution in [2.24, 2.45) is 4.99 Å². The summed E-state index contributed by atoms with van der Waals surface area (Å²) in [6.45, 7) is 6.30. The molecule has 0 aromatic heterocycles. The third-order valence-corrected chi connectivity index (χ3v) is 5.35. The summed E-state index contributed by atoms with van der Waals surface area (Å²) in [7, 11) is 0. The van der Waals surface area contributed by atoms with Gasteiger partial charge in [0.05, 0.1) is 5.69 Å². The van der Waals surface area contributed by atoms with Gasteiger partial charge in [-0.2, -0.15) is 0 Å². The predicted molar refractivity (Wildman–Crippen MR) is 120 cm³/mol. The van der Waals surface area contributed by atoms with Gasteiger partial charge in [0.2, 0.25) is 0 Å². The van der Waals surface area contributed by atoms with E-state index in [0.29, 0.717) is 0 Å². The maximum Gasteiger partial charge on any atom is 0.130 e. The van der Waals surface area contributed by atoms with Crippen molar-refractivity contribution < 1.29 is 4.74 Å². The van der Waals surface area contributed by atoms with Crippen LogP contribution < -0.4 is 10.2 Å². The first-order chi connectivity index (χ1) is 12.0. The van der Waals surface area contributed by atoms with E-state index < -0.39 is 0 Å². The number of hydrogen-bond acceptors (Lipinski definition) is 3. The van der Waals surface area contributed by atoms with E-state index in [1.165, 1.54) is 20.0 Å². The number of benzene rings is 2. The highest BCUT2D eigenvalue weighted by Crippen LogP contribution is 2.32. The SMILES string of the molecule is Cc1cc(Oc2cc(I)cc(I)c2)c(C)cc1N=CNN1CCCC1. The molecule has 2 aromatic carbocycles. The smallest absolute Gasteiger partial charge is 0.130 e. The van der Waals surface area contributed by atoms with E-state index >= 15 is 0 Å². The van der Waals surface area contributed by atoms with Crippen LogP contribution in [-0.4, -0.2) is 24.4 Å². The standard InChI is InChI=1S/C19H21I2N3O/c1-13-8-19(25-17-10-15(20)9-16(21)11-17)14(2)7-18(13)22-12-23-24-5-3-4-6-24/h7-12H,3-6H2,1-2H3,(H,22,23). The van der Waals surface area contributed by atoms with Crippen molar-refractivity contribution in [1.82, 2.24) is 10.4 Å². The number of rotatable bonds is 5. The molecule has 0 unspecified atom stereocenters. The maximum atomic E-state index is 6.11. The monoisotopic (exact) mass is 561 g/mol. The Morgan fingerprint density at radius 3 is 2.36 bits per heavy atom. The van der Waals surface area contributed by atoms with Crippen LogP contribution in [0.3, 0.4) is 0 Å². The van der Waals surface area contributed by atoms with Crippen LogP contribution in [0.2, 0.25) is 0 Å². The lowest BCUT2D eigenvalue weighted by molar-refractivity contribution is 0.300. The Balaban J connectivity index is 1.73. The minimum Gasteiger partial charge on any atom is -0.457 e. The van der Waals surface area contributed by atoms with Crippen LogP contribution >= 0.6 is 45.2 Å². The Morgan fingerprint density at radius 2 is 1.68 bits per heavy atom. The highest BCUT2D eigenvalue weighted by atomic mass is 127. The van der Waals surface area contributed by atoms with Crippen molar-refractivity contribution in [3.05, 3.63) is 48.6 Å². The van der Waals surface area contributed by atoms with Crippen molar-refractivity contribution in [2.75, 3.05) is 13.1 Å². The number of halogens is 2. The van der Waals surface area contributed by atoms with Crippen LogP contribution in [0.1, 0.15) is 24.0 Å². The van der Waals surface area contributed by atoms with Gasteiger partial charge in [-0.3, -0.25) is 0 Å². The zero-order chi connectivity index (χ0) is 17.8. The highest BCUT2D eigenvalue weighted by molar-refractivity contribution is 14.1. The highest BCUT2D eigenvalue weighted by Gasteiger charge is 2.10. The fourth-order valence-corrected chi connectivity index (χ4v) is 4.64. The first kappa shape index (κ1) is 18.9. The van der Waals surface area contributed by atoms with Crippen LogP contribution in [0.4, 0.5) is 5.69 Å². The van der Waals surface area contributed by atoms with Crippen molar-refractivity contribution in [1.29, 1.82) is 0 Å². The minimum atomic E-state index is 0.866. The summed E-state index contributed by atoms with van der Waals surface area (Å²) in [5.74, 6) is 1.74. The van der Waals surface area contributed by atoms with Crippen LogP contribution in [0.25, 0.3) is 0 Å². The van der Waals surface area contributed by atoms with E-state index in [9.17, 15) is 0 Å². The normalized spacial score (nSPS) is 15.0. The molecule has 1 N–H and O–H groups in total. The van der Waals surface area contributed by atoms with Gasteiger partial charge < -0.3 is 10.2 Å². The van der Waals surface area contributed by atoms with Crippen LogP contribution in [-0.2, 0) is 0 Å². The predicted octanol–water partition coefficient (Wildman–Crippen LogP) is 5.57. The van der Waals surface area contributed by atoms with Gasteiger partial charge >= 0.3 is 0 Å². The lowest BCUT2D eigenvalue weighted by Gasteiger charge is -2.14. The average molecular weight is 561 g/mol. The van der Waals surface area contributed by atoms with E-state index in [-0.39, 0.29) is 0 Å². The molecule has 0 aliphatic carbocycles. The molecule has 6 heteroatoms. The van der Waals surface area contributed by atoms with Crippen molar-refractivity contribution in [3.8, 4) is 11.5 Å². The van der Waals surface area contributed by atoms with Gasteiger partial charge in [-0.25, -0.2) is 10.0 Å². The first-order valence-corrected chi connectivity index (χ1v) is 10.5. The lowest BCUT2D eigenvalue weighted by atomic mass is 10.1. The molecule has 3 rings (SSSR count). The second-order valence-electron chi connectivity index (χ2n) is 6.19. The van der Waals surface area contributed by atoms with Gasteiger partial charge in [0, 0.05) is 20.2 Å². The largest absolute Gasteiger partial charge is 0.457 e. The van der Waals surface area contributed by atoms with E-state index in [1.54, 1.807) is 6.34 Å². The quantitative estimate of drug-likeness (QED) is 0.295. The molecule has 0 atom stereocenters. The Morgan fingerprint density at radius 1 is 1.00 bits per heavy atom. The molecule has 0 amide bonds. The average Bonchev–Trinajstić information content (AvgIpc) is 3.04. The van der Waals surface area contributed by atoms with E-state index in [0.717, 1.165) is 41.4 Å². The van der Waals surface area contributed by atoms with Gasteiger partial charge in [-0.05, 0) is 113 Å². The molecule has 1 saturated heterocycles. The number of nitrogens with one attached hydrogen (secondary N) is 1. The molecule has 1 fully saturated rings. The molecule has 0 radical (unpaired) electrons. The van der Waals surface area contributed by atoms with Gasteiger partial charge in [0.15, 0.2) is 0 Å². The second-order valence-corrected chi connectivity index (χ2v) is 8.68. The topological polar surface area (TPSA) is 36.9 Å². The van der Waals surface area contributed by atoms with E-state index in [4.69, 9.17) is 4.74 Å². The summed E-state index contributed by atoms with van der Waals surface area (Å²) in [4.78, 5) is 4.57. The summed E-state index contributed by atoms with van der Waals surface area (Å²) in [6.07, 6.45) is 4.29. The zero-order valence-corrected chi connectivity index (χ0v) is 18.7. The second kappa shape index (κ2) is 8.68. The summed E-state index contributed by atoms with van der Waals surface area (Å²) in [5, 5.41) is 2.20. The first-order valence-electron chi connectivity index (χ1n) is 8.30. The van der Waals surface area contributed by atoms with Crippen molar-refractivity contribution >= 4 is 57.2 Å². The van der Waals surface area contributed by atoms with Gasteiger partial charge in [0.1, 0.15) is 17.8 Å². The van der Waals surface area contributed by atoms with Gasteiger partial charge in [-0.1, -0.05) is 0 Å². The van der Waals surface area contributed by atoms with Gasteiger partial charge in [0.25, 0.3) is 0 Å². The van der Waals surface area contributed by atoms with Crippen LogP contribution in [0, 0.1) is 21.0 Å². The van der Waals surface area contributed by atoms with Crippen LogP contribution in [0.15, 0.2) is 35.3 Å². The summed E-state index contributed by atoms with van der Waals surface area (Å²) in [5.41, 5.74) is 6.39. The summed E-state index contributed by atoms with van der Waals surface area (Å²) >= 11 is 4.62. The summed E-state index contributed by atoms with van der Waals surface area (Å²) < 4.78 is 8.45. The van der Waals surface area contributed by atoms with Crippen molar-refractivity contribution in [2.45, 2.75) is 26.7 Å². The van der Waals surface area contributed by atoms with E-state index in [2.05, 4.69) is 92.7 Å². The fourth-order valence-electron chi connectivity index (χ4n) is 2.76. The number of nitrogens with zero attached hydrogens (tertiary/aromatic N) is 2. The molecule has 1 heterocycles. The summed E-state index contributed by atoms with van der Waals surface area (Å²) in [6, 6.07) is 10.3. The number of hydrogen-bond donors (Lipinski definition) is 1. The minimum absolute atomic E-state index is 0.866. The molecule has 1 aliphatic rings. The molecule has 0 saturated carbocycles. The number of aryl methyl sites for hydroxylation is 2. The van der Waals surface area contributed by atoms with Crippen molar-refractivity contribution in [3.63, 3.8) is 0 Å². The Hall–Kier alpha value is -0.870. The lowest BCUT2D eigenvalue weighted by Crippen LogP contribution is -2.33. The Kier molecular flexibility index (Phi) is 6.56. The molecular weight excluding hydrogens is 540 g/mol. The third kappa shape index (κ3) is 5.30. The molecular formula is C19H21I2N3O. The number of aliphatic imine (C=N–C) groups is 1. The zero-order valence-electron chi connectivity index (χ0n) is 14.4. The molecule has 2 aromatic rings. The number of ether oxygens (including phenoxy) is 1. The Labute approximate surface area is 176 Å². The molecule has 1 aliphatic heterocycles. The molecule has 0 spiro atoms. The Bertz CT molecular complexity index is 766. The van der Waals surface area contributed by atoms with Gasteiger partial charge in [-0.15, -0.1) is 0 Å². The number of hydrazine groups is 1. The molecule has 0 bridgehead atoms. The molecule has 132 valence electrons.